The standard InChI is InChI=1S/C51H32N4O/c52-23-30-21-38-43(44-35-14-6-11-31(51(35)56-50(30)44)27-8-2-1-3-9-27)36-22-39-42(34-13-7-12-33-32-10-4-5-15-37(32)54(39)48(33)34)46-45-40(55(38)49(36)46)24-53-47-29-19-25-16-26(20-29)18-28(17-25)41(45)47/h1-15,21-22,24-26,28-29H,16-20H2. The van der Waals surface area contributed by atoms with Crippen molar-refractivity contribution in [2.24, 2.45) is 11.8 Å². The summed E-state index contributed by atoms with van der Waals surface area (Å²) in [5, 5.41) is 23.2. The summed E-state index contributed by atoms with van der Waals surface area (Å²) in [6.45, 7) is 0. The van der Waals surface area contributed by atoms with Gasteiger partial charge in [-0.3, -0.25) is 4.98 Å². The number of furan rings is 1. The Hall–Kier alpha value is -6.64. The van der Waals surface area contributed by atoms with Crippen LogP contribution < -0.4 is 0 Å². The van der Waals surface area contributed by atoms with E-state index in [-0.39, 0.29) is 0 Å². The molecule has 6 aromatic carbocycles. The van der Waals surface area contributed by atoms with E-state index in [1.807, 2.05) is 6.07 Å². The predicted octanol–water partition coefficient (Wildman–Crippen LogP) is 13.2. The molecule has 56 heavy (non-hydrogen) atoms. The molecule has 5 nitrogen and oxygen atoms in total. The number of para-hydroxylation sites is 3. The number of aromatic nitrogens is 3. The molecule has 16 rings (SSSR count). The number of hydrogen-bond donors (Lipinski definition) is 0. The highest BCUT2D eigenvalue weighted by Crippen LogP contribution is 2.59. The number of fused-ring (bicyclic) bond motifs is 17. The van der Waals surface area contributed by atoms with E-state index in [1.54, 1.807) is 0 Å². The van der Waals surface area contributed by atoms with Crippen molar-refractivity contribution in [3.8, 4) is 17.2 Å². The Balaban J connectivity index is 1.23. The molecule has 2 saturated carbocycles. The molecule has 2 atom stereocenters. The molecule has 0 spiro atoms. The molecule has 6 heterocycles. The molecule has 4 aliphatic carbocycles. The minimum atomic E-state index is 0.526. The summed E-state index contributed by atoms with van der Waals surface area (Å²) in [5.41, 5.74) is 14.3. The second-order valence-electron chi connectivity index (χ2n) is 17.3. The molecule has 0 N–H and O–H groups in total. The van der Waals surface area contributed by atoms with E-state index in [1.165, 1.54) is 109 Å². The Bertz CT molecular complexity index is 3770. The summed E-state index contributed by atoms with van der Waals surface area (Å²) in [5.74, 6) is 2.66. The molecule has 4 bridgehead atoms. The van der Waals surface area contributed by atoms with Crippen LogP contribution in [0.15, 0.2) is 114 Å². The zero-order chi connectivity index (χ0) is 36.1. The Labute approximate surface area is 319 Å². The van der Waals surface area contributed by atoms with Crippen molar-refractivity contribution in [2.45, 2.75) is 43.9 Å². The maximum atomic E-state index is 10.8. The van der Waals surface area contributed by atoms with Gasteiger partial charge in [0.1, 0.15) is 11.7 Å². The maximum Gasteiger partial charge on any atom is 0.153 e. The van der Waals surface area contributed by atoms with Crippen LogP contribution >= 0.6 is 0 Å². The summed E-state index contributed by atoms with van der Waals surface area (Å²) >= 11 is 0. The number of hydrogen-bond acceptors (Lipinski definition) is 3. The quantitative estimate of drug-likeness (QED) is 0.170. The zero-order valence-electron chi connectivity index (χ0n) is 30.4. The Morgan fingerprint density at radius 2 is 1.27 bits per heavy atom. The Kier molecular flexibility index (Phi) is 4.92. The number of benzene rings is 6. The highest BCUT2D eigenvalue weighted by atomic mass is 16.3. The van der Waals surface area contributed by atoms with Gasteiger partial charge in [-0.2, -0.15) is 5.26 Å². The zero-order valence-corrected chi connectivity index (χ0v) is 30.4. The van der Waals surface area contributed by atoms with Gasteiger partial charge in [0.25, 0.3) is 0 Å². The van der Waals surface area contributed by atoms with Gasteiger partial charge in [-0.1, -0.05) is 84.9 Å². The van der Waals surface area contributed by atoms with E-state index in [0.717, 1.165) is 50.2 Å². The molecule has 2 unspecified atom stereocenters. The summed E-state index contributed by atoms with van der Waals surface area (Å²) < 4.78 is 11.9. The van der Waals surface area contributed by atoms with Crippen LogP contribution in [0.1, 0.15) is 60.8 Å². The van der Waals surface area contributed by atoms with Crippen LogP contribution in [-0.4, -0.2) is 13.8 Å². The number of pyridine rings is 1. The van der Waals surface area contributed by atoms with Crippen molar-refractivity contribution in [1.82, 2.24) is 13.8 Å². The van der Waals surface area contributed by atoms with Crippen LogP contribution in [0.5, 0.6) is 0 Å². The summed E-state index contributed by atoms with van der Waals surface area (Å²) in [6.07, 6.45) is 8.70. The van der Waals surface area contributed by atoms with E-state index in [4.69, 9.17) is 9.40 Å². The lowest BCUT2D eigenvalue weighted by Gasteiger charge is -2.38. The van der Waals surface area contributed by atoms with Crippen LogP contribution in [0.2, 0.25) is 0 Å². The normalized spacial score (nSPS) is 20.8. The van der Waals surface area contributed by atoms with Gasteiger partial charge in [0, 0.05) is 71.0 Å². The van der Waals surface area contributed by atoms with Crippen LogP contribution in [0.25, 0.3) is 109 Å². The second-order valence-corrected chi connectivity index (χ2v) is 17.3. The molecule has 4 aliphatic rings. The minimum Gasteiger partial charge on any atom is -0.454 e. The van der Waals surface area contributed by atoms with Crippen molar-refractivity contribution >= 4 is 98.1 Å². The van der Waals surface area contributed by atoms with E-state index in [2.05, 4.69) is 118 Å². The van der Waals surface area contributed by atoms with Crippen LogP contribution in [-0.2, 0) is 0 Å². The summed E-state index contributed by atoms with van der Waals surface area (Å²) in [6, 6.07) is 39.8. The highest BCUT2D eigenvalue weighted by Gasteiger charge is 2.44. The van der Waals surface area contributed by atoms with Crippen molar-refractivity contribution in [3.63, 3.8) is 0 Å². The fraction of sp³-hybridized carbons (Fsp3) is 0.176. The topological polar surface area (TPSA) is 58.6 Å². The van der Waals surface area contributed by atoms with Gasteiger partial charge in [0.05, 0.1) is 44.9 Å². The predicted molar refractivity (Wildman–Crippen MR) is 227 cm³/mol. The average molecular weight is 717 g/mol. The Morgan fingerprint density at radius 1 is 0.554 bits per heavy atom. The SMILES string of the molecule is N#Cc1cc2c(c3cc4c(c5cccc6c7ccccc7n4c65)c4c5c6c(ncc5n2c34)C2CC3CC(C2)CC6C3)c2c1oc1c(-c3ccccc3)cccc12. The molecule has 12 aromatic rings. The number of nitrogens with zero attached hydrogens (tertiary/aromatic N) is 4. The molecular weight excluding hydrogens is 685 g/mol. The monoisotopic (exact) mass is 716 g/mol. The fourth-order valence-electron chi connectivity index (χ4n) is 13.0. The van der Waals surface area contributed by atoms with E-state index >= 15 is 0 Å². The molecule has 2 fully saturated rings. The highest BCUT2D eigenvalue weighted by molar-refractivity contribution is 6.41. The van der Waals surface area contributed by atoms with Gasteiger partial charge >= 0.3 is 0 Å². The van der Waals surface area contributed by atoms with Gasteiger partial charge < -0.3 is 13.2 Å². The van der Waals surface area contributed by atoms with Gasteiger partial charge in [-0.25, -0.2) is 0 Å². The van der Waals surface area contributed by atoms with E-state index in [0.29, 0.717) is 23.0 Å². The van der Waals surface area contributed by atoms with E-state index in [9.17, 15) is 5.26 Å². The van der Waals surface area contributed by atoms with Gasteiger partial charge in [-0.05, 0) is 79.2 Å². The first-order valence-corrected chi connectivity index (χ1v) is 20.3. The lowest BCUT2D eigenvalue weighted by Crippen LogP contribution is -2.25. The molecule has 6 aromatic heterocycles. The van der Waals surface area contributed by atoms with Crippen molar-refractivity contribution in [1.29, 1.82) is 5.26 Å². The largest absolute Gasteiger partial charge is 0.454 e. The molecule has 0 aliphatic heterocycles. The summed E-state index contributed by atoms with van der Waals surface area (Å²) in [7, 11) is 0. The molecule has 0 saturated heterocycles. The Morgan fingerprint density at radius 3 is 2.14 bits per heavy atom. The molecule has 262 valence electrons. The van der Waals surface area contributed by atoms with E-state index < -0.39 is 0 Å². The average Bonchev–Trinajstić information content (AvgIpc) is 4.01. The van der Waals surface area contributed by atoms with Gasteiger partial charge in [0.15, 0.2) is 5.58 Å². The first kappa shape index (κ1) is 28.8. The molecule has 5 heteroatoms. The molecule has 0 radical (unpaired) electrons. The first-order chi connectivity index (χ1) is 27.7. The third-order valence-corrected chi connectivity index (χ3v) is 14.7. The third kappa shape index (κ3) is 3.16. The molecular formula is C51H32N4O. The fourth-order valence-corrected chi connectivity index (χ4v) is 13.0. The number of nitriles is 1. The van der Waals surface area contributed by atoms with Crippen molar-refractivity contribution < 1.29 is 4.42 Å². The minimum absolute atomic E-state index is 0.526. The lowest BCUT2D eigenvalue weighted by atomic mass is 9.67. The third-order valence-electron chi connectivity index (χ3n) is 14.7. The van der Waals surface area contributed by atoms with Crippen molar-refractivity contribution in [2.75, 3.05) is 0 Å². The van der Waals surface area contributed by atoms with Crippen LogP contribution in [0, 0.1) is 23.2 Å². The van der Waals surface area contributed by atoms with Crippen molar-refractivity contribution in [3.05, 3.63) is 126 Å². The second kappa shape index (κ2) is 9.59. The van der Waals surface area contributed by atoms with Crippen LogP contribution in [0.4, 0.5) is 0 Å². The molecule has 0 amide bonds. The first-order valence-electron chi connectivity index (χ1n) is 20.3. The smallest absolute Gasteiger partial charge is 0.153 e. The van der Waals surface area contributed by atoms with Crippen LogP contribution in [0.3, 0.4) is 0 Å². The number of rotatable bonds is 1. The van der Waals surface area contributed by atoms with Gasteiger partial charge in [-0.15, -0.1) is 0 Å². The van der Waals surface area contributed by atoms with Gasteiger partial charge in [0.2, 0.25) is 0 Å². The lowest BCUT2D eigenvalue weighted by molar-refractivity contribution is 0.165. The summed E-state index contributed by atoms with van der Waals surface area (Å²) in [4.78, 5) is 5.49. The maximum absolute atomic E-state index is 10.8.